The second-order valence-electron chi connectivity index (χ2n) is 9.81. The van der Waals surface area contributed by atoms with Crippen molar-refractivity contribution >= 4 is 42.2 Å². The third-order valence-electron chi connectivity index (χ3n) is 4.19. The summed E-state index contributed by atoms with van der Waals surface area (Å²) in [5, 5.41) is 0. The van der Waals surface area contributed by atoms with Gasteiger partial charge < -0.3 is 0 Å². The van der Waals surface area contributed by atoms with Gasteiger partial charge in [-0.3, -0.25) is 0 Å². The van der Waals surface area contributed by atoms with Gasteiger partial charge in [0.15, 0.2) is 0 Å². The molecule has 0 aliphatic heterocycles. The van der Waals surface area contributed by atoms with Gasteiger partial charge in [-0.15, -0.1) is 12.6 Å². The molecule has 2 heteroatoms. The molecule has 0 amide bonds. The quantitative estimate of drug-likeness (QED) is 0.364. The molecule has 0 heterocycles. The zero-order valence-electron chi connectivity index (χ0n) is 18.6. The molecule has 26 heavy (non-hydrogen) atoms. The van der Waals surface area contributed by atoms with E-state index in [1.807, 2.05) is 30.3 Å². The third kappa shape index (κ3) is 7.80. The first kappa shape index (κ1) is 25.8. The van der Waals surface area contributed by atoms with Crippen LogP contribution in [0.5, 0.6) is 0 Å². The van der Waals surface area contributed by atoms with E-state index in [9.17, 15) is 0 Å². The van der Waals surface area contributed by atoms with Gasteiger partial charge in [0, 0.05) is 34.5 Å². The van der Waals surface area contributed by atoms with Gasteiger partial charge in [0.2, 0.25) is 0 Å². The van der Waals surface area contributed by atoms with E-state index < -0.39 is 0 Å². The zero-order chi connectivity index (χ0) is 19.5. The Hall–Kier alpha value is -0.210. The fourth-order valence-electron chi connectivity index (χ4n) is 3.04. The Morgan fingerprint density at radius 3 is 1.15 bits per heavy atom. The minimum Gasteiger partial charge on any atom is -0.143 e. The maximum absolute atomic E-state index is 4.08. The van der Waals surface area contributed by atoms with Crippen LogP contribution < -0.4 is 0 Å². The minimum absolute atomic E-state index is 0. The van der Waals surface area contributed by atoms with Crippen molar-refractivity contribution in [2.45, 2.75) is 83.5 Å². The van der Waals surface area contributed by atoms with Crippen LogP contribution in [0.4, 0.5) is 0 Å². The zero-order valence-corrected chi connectivity index (χ0v) is 21.5. The Kier molecular flexibility index (Phi) is 9.75. The van der Waals surface area contributed by atoms with Gasteiger partial charge in [-0.2, -0.15) is 0 Å². The van der Waals surface area contributed by atoms with Crippen LogP contribution in [-0.2, 0) is 16.2 Å². The predicted molar refractivity (Wildman–Crippen MR) is 122 cm³/mol. The molecule has 0 saturated heterocycles. The first-order valence-corrected chi connectivity index (χ1v) is 9.58. The standard InChI is InChI=1S/C18H30.C6H6S.Na/c1-16(2,3)13-11-10-12-14(17(4,5)6)15(13)18(7,8)9;7-6-4-2-1-3-5-6;/h10-12H,1-9H3;1-5,7H;. The van der Waals surface area contributed by atoms with Crippen molar-refractivity contribution in [2.75, 3.05) is 0 Å². The summed E-state index contributed by atoms with van der Waals surface area (Å²) in [6.45, 7) is 20.8. The molecule has 0 aliphatic rings. The predicted octanol–water partition coefficient (Wildman–Crippen LogP) is 7.17. The molecule has 0 nitrogen and oxygen atoms in total. The van der Waals surface area contributed by atoms with Crippen molar-refractivity contribution in [1.82, 2.24) is 0 Å². The summed E-state index contributed by atoms with van der Waals surface area (Å²) in [4.78, 5) is 1.02. The van der Waals surface area contributed by atoms with Crippen LogP contribution in [0.25, 0.3) is 0 Å². The van der Waals surface area contributed by atoms with Crippen molar-refractivity contribution in [1.29, 1.82) is 0 Å². The van der Waals surface area contributed by atoms with E-state index in [0.717, 1.165) is 4.90 Å². The van der Waals surface area contributed by atoms with Crippen molar-refractivity contribution in [3.8, 4) is 0 Å². The summed E-state index contributed by atoms with van der Waals surface area (Å²) in [6, 6.07) is 16.6. The van der Waals surface area contributed by atoms with Crippen LogP contribution in [0, 0.1) is 0 Å². The van der Waals surface area contributed by atoms with E-state index in [1.165, 1.54) is 16.7 Å². The van der Waals surface area contributed by atoms with Crippen molar-refractivity contribution in [3.63, 3.8) is 0 Å². The molecule has 0 atom stereocenters. The summed E-state index contributed by atoms with van der Waals surface area (Å²) >= 11 is 4.08. The topological polar surface area (TPSA) is 0 Å². The van der Waals surface area contributed by atoms with Gasteiger partial charge in [0.1, 0.15) is 0 Å². The van der Waals surface area contributed by atoms with Crippen molar-refractivity contribution in [2.24, 2.45) is 0 Å². The van der Waals surface area contributed by atoms with E-state index in [4.69, 9.17) is 0 Å². The average Bonchev–Trinajstić information content (AvgIpc) is 2.45. The summed E-state index contributed by atoms with van der Waals surface area (Å²) in [5.41, 5.74) is 5.09. The summed E-state index contributed by atoms with van der Waals surface area (Å²) in [7, 11) is 0. The molecule has 1 radical (unpaired) electrons. The van der Waals surface area contributed by atoms with Gasteiger partial charge >= 0.3 is 0 Å². The normalized spacial score (nSPS) is 11.9. The molecule has 0 spiro atoms. The minimum atomic E-state index is 0. The Morgan fingerprint density at radius 1 is 0.538 bits per heavy atom. The number of thiol groups is 1. The SMILES string of the molecule is CC(C)(C)c1cccc(C(C)(C)C)c1C(C)(C)C.Sc1ccccc1.[Na]. The van der Waals surface area contributed by atoms with Gasteiger partial charge in [-0.25, -0.2) is 0 Å². The van der Waals surface area contributed by atoms with Crippen molar-refractivity contribution in [3.05, 3.63) is 65.2 Å². The van der Waals surface area contributed by atoms with E-state index >= 15 is 0 Å². The molecule has 0 unspecified atom stereocenters. The van der Waals surface area contributed by atoms with Crippen LogP contribution in [0.3, 0.4) is 0 Å². The molecule has 0 bridgehead atoms. The number of hydrogen-bond donors (Lipinski definition) is 1. The second-order valence-corrected chi connectivity index (χ2v) is 10.3. The average molecular weight is 380 g/mol. The molecule has 139 valence electrons. The molecule has 0 N–H and O–H groups in total. The summed E-state index contributed by atoms with van der Waals surface area (Å²) < 4.78 is 0. The molecule has 0 aliphatic carbocycles. The fourth-order valence-corrected chi connectivity index (χ4v) is 3.21. The van der Waals surface area contributed by atoms with Gasteiger partial charge in [-0.05, 0) is 45.1 Å². The van der Waals surface area contributed by atoms with Gasteiger partial charge in [0.05, 0.1) is 0 Å². The van der Waals surface area contributed by atoms with E-state index in [-0.39, 0.29) is 45.8 Å². The van der Waals surface area contributed by atoms with E-state index in [0.29, 0.717) is 0 Å². The second kappa shape index (κ2) is 9.82. The number of rotatable bonds is 0. The smallest absolute Gasteiger partial charge is 0.00399 e. The maximum atomic E-state index is 4.08. The molecule has 2 aromatic carbocycles. The van der Waals surface area contributed by atoms with Gasteiger partial charge in [0.25, 0.3) is 0 Å². The Morgan fingerprint density at radius 2 is 0.923 bits per heavy atom. The fraction of sp³-hybridized carbons (Fsp3) is 0.500. The summed E-state index contributed by atoms with van der Waals surface area (Å²) in [5.74, 6) is 0. The van der Waals surface area contributed by atoms with Crippen LogP contribution in [0.1, 0.15) is 79.0 Å². The summed E-state index contributed by atoms with van der Waals surface area (Å²) in [6.07, 6.45) is 0. The van der Waals surface area contributed by atoms with Gasteiger partial charge in [-0.1, -0.05) is 98.7 Å². The molecule has 0 aromatic heterocycles. The maximum Gasteiger partial charge on any atom is 0.00399 e. The van der Waals surface area contributed by atoms with Crippen LogP contribution in [-0.4, -0.2) is 29.6 Å². The Labute approximate surface area is 189 Å². The third-order valence-corrected chi connectivity index (χ3v) is 4.48. The molecule has 2 aromatic rings. The molecule has 2 rings (SSSR count). The first-order valence-electron chi connectivity index (χ1n) is 9.13. The molecular formula is C24H36NaS. The van der Waals surface area contributed by atoms with Crippen LogP contribution in [0.15, 0.2) is 53.4 Å². The Bertz CT molecular complexity index is 636. The molecular weight excluding hydrogens is 343 g/mol. The number of benzene rings is 2. The monoisotopic (exact) mass is 379 g/mol. The molecule has 0 saturated carbocycles. The van der Waals surface area contributed by atoms with Crippen LogP contribution in [0.2, 0.25) is 0 Å². The Balaban J connectivity index is 0.000000655. The first-order chi connectivity index (χ1) is 11.2. The number of hydrogen-bond acceptors (Lipinski definition) is 1. The van der Waals surface area contributed by atoms with Crippen LogP contribution >= 0.6 is 12.6 Å². The largest absolute Gasteiger partial charge is 0.143 e. The van der Waals surface area contributed by atoms with E-state index in [2.05, 4.69) is 93.1 Å². The van der Waals surface area contributed by atoms with Crippen molar-refractivity contribution < 1.29 is 0 Å². The molecule has 0 fully saturated rings. The van der Waals surface area contributed by atoms with E-state index in [1.54, 1.807) is 0 Å².